The minimum atomic E-state index is -1.09. The molecule has 0 saturated heterocycles. The molecular weight excluding hydrogens is 284 g/mol. The molecule has 0 saturated carbocycles. The molecule has 0 unspecified atom stereocenters. The minimum absolute atomic E-state index is 0.0290. The number of nitrogens with two attached hydrogens (primary N) is 1. The Morgan fingerprint density at radius 1 is 1.30 bits per heavy atom. The molecule has 0 fully saturated rings. The van der Waals surface area contributed by atoms with Crippen LogP contribution in [0, 0.1) is 0 Å². The van der Waals surface area contributed by atoms with E-state index in [2.05, 4.69) is 15.6 Å². The number of carbonyl (C=O) groups excluding carboxylic acids is 2. The Hall–Kier alpha value is -2.16. The zero-order valence-corrected chi connectivity index (χ0v) is 11.5. The van der Waals surface area contributed by atoms with Gasteiger partial charge in [0, 0.05) is 18.3 Å². The molecule has 8 nitrogen and oxygen atoms in total. The van der Waals surface area contributed by atoms with Crippen LogP contribution >= 0.6 is 11.3 Å². The lowest BCUT2D eigenvalue weighted by Gasteiger charge is -2.05. The highest BCUT2D eigenvalue weighted by Crippen LogP contribution is 2.09. The van der Waals surface area contributed by atoms with Crippen LogP contribution in [0.15, 0.2) is 5.38 Å². The normalized spacial score (nSPS) is 10.0. The Morgan fingerprint density at radius 2 is 2.05 bits per heavy atom. The molecule has 0 radical (unpaired) electrons. The summed E-state index contributed by atoms with van der Waals surface area (Å²) in [7, 11) is 0. The van der Waals surface area contributed by atoms with E-state index in [0.29, 0.717) is 30.8 Å². The second-order valence-electron chi connectivity index (χ2n) is 3.96. The number of unbranched alkanes of at least 4 members (excludes halogenated alkanes) is 1. The fraction of sp³-hybridized carbons (Fsp3) is 0.455. The van der Waals surface area contributed by atoms with Crippen molar-refractivity contribution < 1.29 is 19.5 Å². The number of amides is 3. The maximum Gasteiger partial charge on any atom is 0.355 e. The summed E-state index contributed by atoms with van der Waals surface area (Å²) in [5, 5.41) is 15.8. The molecule has 0 aliphatic heterocycles. The van der Waals surface area contributed by atoms with E-state index >= 15 is 0 Å². The van der Waals surface area contributed by atoms with Crippen LogP contribution in [0.5, 0.6) is 0 Å². The van der Waals surface area contributed by atoms with Crippen molar-refractivity contribution in [3.63, 3.8) is 0 Å². The topological polar surface area (TPSA) is 134 Å². The number of hydrogen-bond acceptors (Lipinski definition) is 5. The summed E-state index contributed by atoms with van der Waals surface area (Å²) < 4.78 is 0. The van der Waals surface area contributed by atoms with E-state index in [9.17, 15) is 14.4 Å². The lowest BCUT2D eigenvalue weighted by Crippen LogP contribution is -2.35. The fourth-order valence-corrected chi connectivity index (χ4v) is 2.04. The van der Waals surface area contributed by atoms with Crippen LogP contribution in [0.1, 0.15) is 34.8 Å². The monoisotopic (exact) mass is 300 g/mol. The van der Waals surface area contributed by atoms with E-state index < -0.39 is 5.97 Å². The molecule has 110 valence electrons. The van der Waals surface area contributed by atoms with E-state index in [-0.39, 0.29) is 24.2 Å². The lowest BCUT2D eigenvalue weighted by molar-refractivity contribution is -0.118. The number of rotatable bonds is 8. The largest absolute Gasteiger partial charge is 0.476 e. The van der Waals surface area contributed by atoms with Crippen molar-refractivity contribution in [1.82, 2.24) is 15.6 Å². The zero-order chi connectivity index (χ0) is 15.0. The van der Waals surface area contributed by atoms with Gasteiger partial charge in [-0.2, -0.15) is 0 Å². The predicted octanol–water partition coefficient (Wildman–Crippen LogP) is 0.296. The van der Waals surface area contributed by atoms with Gasteiger partial charge >= 0.3 is 12.0 Å². The maximum absolute atomic E-state index is 11.4. The molecule has 1 rings (SSSR count). The number of nitrogens with one attached hydrogen (secondary N) is 2. The Morgan fingerprint density at radius 3 is 2.65 bits per heavy atom. The van der Waals surface area contributed by atoms with Gasteiger partial charge in [-0.25, -0.2) is 14.6 Å². The first-order chi connectivity index (χ1) is 9.49. The molecule has 1 aromatic rings. The third-order valence-corrected chi connectivity index (χ3v) is 3.16. The first kappa shape index (κ1) is 15.9. The van der Waals surface area contributed by atoms with Gasteiger partial charge in [0.2, 0.25) is 5.91 Å². The van der Waals surface area contributed by atoms with Crippen LogP contribution in [-0.4, -0.2) is 34.5 Å². The van der Waals surface area contributed by atoms with Crippen molar-refractivity contribution >= 4 is 29.2 Å². The quantitative estimate of drug-likeness (QED) is 0.512. The smallest absolute Gasteiger partial charge is 0.355 e. The average molecular weight is 300 g/mol. The summed E-state index contributed by atoms with van der Waals surface area (Å²) in [6, 6.07) is -0.365. The number of carboxylic acids is 1. The highest BCUT2D eigenvalue weighted by molar-refractivity contribution is 7.09. The van der Waals surface area contributed by atoms with Crippen molar-refractivity contribution in [2.24, 2.45) is 5.73 Å². The summed E-state index contributed by atoms with van der Waals surface area (Å²) in [5.74, 6) is -1.45. The van der Waals surface area contributed by atoms with Crippen LogP contribution in [0.3, 0.4) is 0 Å². The van der Waals surface area contributed by atoms with Crippen molar-refractivity contribution in [1.29, 1.82) is 0 Å². The molecule has 0 aliphatic rings. The van der Waals surface area contributed by atoms with E-state index in [1.54, 1.807) is 0 Å². The van der Waals surface area contributed by atoms with Gasteiger partial charge in [0.1, 0.15) is 5.01 Å². The van der Waals surface area contributed by atoms with Gasteiger partial charge in [-0.15, -0.1) is 11.3 Å². The van der Waals surface area contributed by atoms with Gasteiger partial charge in [0.05, 0.1) is 6.54 Å². The van der Waals surface area contributed by atoms with Gasteiger partial charge in [-0.1, -0.05) is 0 Å². The number of thiazole rings is 1. The molecule has 9 heteroatoms. The number of aromatic nitrogens is 1. The Balaban J connectivity index is 2.16. The highest BCUT2D eigenvalue weighted by Gasteiger charge is 2.09. The third-order valence-electron chi connectivity index (χ3n) is 2.31. The average Bonchev–Trinajstić information content (AvgIpc) is 2.84. The highest BCUT2D eigenvalue weighted by atomic mass is 32.1. The van der Waals surface area contributed by atoms with Crippen LogP contribution in [0.2, 0.25) is 0 Å². The summed E-state index contributed by atoms with van der Waals surface area (Å²) in [4.78, 5) is 36.3. The summed E-state index contributed by atoms with van der Waals surface area (Å²) in [6.45, 7) is 0.614. The van der Waals surface area contributed by atoms with E-state index in [1.807, 2.05) is 0 Å². The second kappa shape index (κ2) is 8.10. The number of urea groups is 1. The number of carboxylic acid groups (broad SMARTS) is 1. The number of aromatic carboxylic acids is 1. The number of carbonyl (C=O) groups is 3. The van der Waals surface area contributed by atoms with E-state index in [0.717, 1.165) is 0 Å². The summed E-state index contributed by atoms with van der Waals surface area (Å²) in [5.41, 5.74) is 4.95. The van der Waals surface area contributed by atoms with Crippen LogP contribution in [-0.2, 0) is 11.3 Å². The molecule has 0 aliphatic carbocycles. The summed E-state index contributed by atoms with van der Waals surface area (Å²) in [6.07, 6.45) is 1.60. The molecule has 0 bridgehead atoms. The van der Waals surface area contributed by atoms with Gasteiger partial charge < -0.3 is 21.5 Å². The molecule has 5 N–H and O–H groups in total. The van der Waals surface area contributed by atoms with Gasteiger partial charge in [0.15, 0.2) is 5.69 Å². The lowest BCUT2D eigenvalue weighted by atomic mass is 10.2. The molecule has 0 atom stereocenters. The summed E-state index contributed by atoms with van der Waals surface area (Å²) >= 11 is 1.17. The SMILES string of the molecule is NC(=O)CCCCNC(=O)NCc1nc(C(=O)O)cs1. The standard InChI is InChI=1S/C11H16N4O4S/c12-8(16)3-1-2-4-13-11(19)14-5-9-15-7(6-20-9)10(17)18/h6H,1-5H2,(H2,12,16)(H,17,18)(H2,13,14,19). The Labute approximate surface area is 119 Å². The number of nitrogens with zero attached hydrogens (tertiary/aromatic N) is 1. The van der Waals surface area contributed by atoms with E-state index in [1.165, 1.54) is 16.7 Å². The van der Waals surface area contributed by atoms with Crippen molar-refractivity contribution in [3.05, 3.63) is 16.1 Å². The second-order valence-corrected chi connectivity index (χ2v) is 4.91. The fourth-order valence-electron chi connectivity index (χ4n) is 1.33. The van der Waals surface area contributed by atoms with Crippen molar-refractivity contribution in [2.75, 3.05) is 6.54 Å². The maximum atomic E-state index is 11.4. The van der Waals surface area contributed by atoms with Crippen molar-refractivity contribution in [2.45, 2.75) is 25.8 Å². The molecule has 0 spiro atoms. The molecule has 3 amide bonds. The first-order valence-corrected chi connectivity index (χ1v) is 6.84. The third kappa shape index (κ3) is 6.14. The Kier molecular flexibility index (Phi) is 6.44. The first-order valence-electron chi connectivity index (χ1n) is 5.96. The molecular formula is C11H16N4O4S. The van der Waals surface area contributed by atoms with Gasteiger partial charge in [-0.3, -0.25) is 4.79 Å². The molecule has 20 heavy (non-hydrogen) atoms. The van der Waals surface area contributed by atoms with Crippen molar-refractivity contribution in [3.8, 4) is 0 Å². The number of hydrogen-bond donors (Lipinski definition) is 4. The zero-order valence-electron chi connectivity index (χ0n) is 10.7. The molecule has 0 aromatic carbocycles. The van der Waals surface area contributed by atoms with Crippen LogP contribution in [0.4, 0.5) is 4.79 Å². The minimum Gasteiger partial charge on any atom is -0.476 e. The Bertz CT molecular complexity index is 489. The number of primary amides is 1. The molecule has 1 aromatic heterocycles. The van der Waals surface area contributed by atoms with E-state index in [4.69, 9.17) is 10.8 Å². The predicted molar refractivity (Wildman–Crippen MR) is 72.4 cm³/mol. The van der Waals surface area contributed by atoms with Gasteiger partial charge in [0.25, 0.3) is 0 Å². The van der Waals surface area contributed by atoms with Crippen LogP contribution < -0.4 is 16.4 Å². The van der Waals surface area contributed by atoms with Crippen LogP contribution in [0.25, 0.3) is 0 Å². The molecule has 1 heterocycles. The van der Waals surface area contributed by atoms with Gasteiger partial charge in [-0.05, 0) is 12.8 Å².